The van der Waals surface area contributed by atoms with Crippen molar-refractivity contribution < 1.29 is 9.53 Å². The van der Waals surface area contributed by atoms with Crippen molar-refractivity contribution in [2.75, 3.05) is 50.5 Å². The van der Waals surface area contributed by atoms with Crippen molar-refractivity contribution in [2.24, 2.45) is 0 Å². The highest BCUT2D eigenvalue weighted by atomic mass is 79.9. The van der Waals surface area contributed by atoms with Gasteiger partial charge in [0.15, 0.2) is 0 Å². The lowest BCUT2D eigenvalue weighted by Crippen LogP contribution is -2.40. The van der Waals surface area contributed by atoms with E-state index in [1.807, 2.05) is 11.8 Å². The number of carbonyl (C=O) groups is 1. The Balaban J connectivity index is 1.17. The predicted molar refractivity (Wildman–Crippen MR) is 138 cm³/mol. The van der Waals surface area contributed by atoms with Crippen molar-refractivity contribution in [2.45, 2.75) is 63.6 Å². The Morgan fingerprint density at radius 1 is 1.20 bits per heavy atom. The molecule has 2 atom stereocenters. The van der Waals surface area contributed by atoms with Crippen molar-refractivity contribution in [3.8, 4) is 0 Å². The molecule has 190 valence electrons. The van der Waals surface area contributed by atoms with Crippen LogP contribution < -0.4 is 10.6 Å². The lowest BCUT2D eigenvalue weighted by molar-refractivity contribution is -0.130. The summed E-state index contributed by atoms with van der Waals surface area (Å²) in [5.74, 6) is 1.42. The van der Waals surface area contributed by atoms with Gasteiger partial charge in [-0.15, -0.1) is 0 Å². The number of aromatic nitrogens is 4. The highest BCUT2D eigenvalue weighted by Crippen LogP contribution is 2.40. The first-order valence-corrected chi connectivity index (χ1v) is 13.4. The van der Waals surface area contributed by atoms with Gasteiger partial charge in [-0.05, 0) is 62.0 Å². The summed E-state index contributed by atoms with van der Waals surface area (Å²) < 4.78 is 8.34. The molecule has 3 fully saturated rings. The first-order valence-electron chi connectivity index (χ1n) is 12.6. The number of hydrogen-bond acceptors (Lipinski definition) is 8. The first-order chi connectivity index (χ1) is 17.0. The van der Waals surface area contributed by atoms with Gasteiger partial charge in [-0.1, -0.05) is 0 Å². The lowest BCUT2D eigenvalue weighted by atomic mass is 9.98. The van der Waals surface area contributed by atoms with Gasteiger partial charge >= 0.3 is 0 Å². The zero-order valence-electron chi connectivity index (χ0n) is 20.5. The molecule has 0 spiro atoms. The molecule has 3 aliphatic heterocycles. The standard InChI is InChI=1S/C24H35BrN8O2/c1-16-21(15-33(30-16)19-12-17-4-5-18(13-19)31(17)2)28-24-27-14-20(25)23(29-24)26-7-3-8-32-9-11-35-10-6-22(32)34/h14-15,17-19H,3-13H2,1-2H3,(H2,26,27,28,29). The fraction of sp³-hybridized carbons (Fsp3) is 0.667. The van der Waals surface area contributed by atoms with Crippen LogP contribution in [0, 0.1) is 6.92 Å². The van der Waals surface area contributed by atoms with Crippen molar-refractivity contribution >= 4 is 39.3 Å². The fourth-order valence-corrected chi connectivity index (χ4v) is 5.83. The second-order valence-electron chi connectivity index (χ2n) is 9.82. The predicted octanol–water partition coefficient (Wildman–Crippen LogP) is 3.34. The van der Waals surface area contributed by atoms with Crippen molar-refractivity contribution in [1.29, 1.82) is 0 Å². The van der Waals surface area contributed by atoms with Crippen LogP contribution in [0.25, 0.3) is 0 Å². The van der Waals surface area contributed by atoms with Gasteiger partial charge < -0.3 is 25.2 Å². The summed E-state index contributed by atoms with van der Waals surface area (Å²) in [5, 5.41) is 11.6. The molecule has 2 N–H and O–H groups in total. The summed E-state index contributed by atoms with van der Waals surface area (Å²) in [5.41, 5.74) is 1.88. The number of anilines is 3. The van der Waals surface area contributed by atoms with Crippen LogP contribution >= 0.6 is 15.9 Å². The van der Waals surface area contributed by atoms with Crippen LogP contribution in [0.3, 0.4) is 0 Å². The summed E-state index contributed by atoms with van der Waals surface area (Å²) in [4.78, 5) is 25.7. The van der Waals surface area contributed by atoms with Gasteiger partial charge in [-0.25, -0.2) is 4.98 Å². The van der Waals surface area contributed by atoms with E-state index in [-0.39, 0.29) is 5.91 Å². The van der Waals surface area contributed by atoms with Gasteiger partial charge in [0.1, 0.15) is 5.82 Å². The van der Waals surface area contributed by atoms with E-state index < -0.39 is 0 Å². The maximum Gasteiger partial charge on any atom is 0.229 e. The third-order valence-corrected chi connectivity index (χ3v) is 8.15. The second-order valence-corrected chi connectivity index (χ2v) is 10.7. The molecule has 10 nitrogen and oxygen atoms in total. The maximum absolute atomic E-state index is 12.1. The molecule has 0 saturated carbocycles. The Kier molecular flexibility index (Phi) is 7.54. The molecule has 2 aromatic heterocycles. The number of rotatable bonds is 8. The van der Waals surface area contributed by atoms with Gasteiger partial charge in [0.25, 0.3) is 0 Å². The number of fused-ring (bicyclic) bond motifs is 2. The van der Waals surface area contributed by atoms with E-state index in [2.05, 4.69) is 59.4 Å². The normalized spacial score (nSPS) is 25.1. The van der Waals surface area contributed by atoms with E-state index in [4.69, 9.17) is 9.84 Å². The Morgan fingerprint density at radius 2 is 2.00 bits per heavy atom. The van der Waals surface area contributed by atoms with E-state index in [1.165, 1.54) is 12.8 Å². The van der Waals surface area contributed by atoms with E-state index in [1.54, 1.807) is 6.20 Å². The molecule has 2 unspecified atom stereocenters. The lowest BCUT2D eigenvalue weighted by Gasteiger charge is -2.36. The van der Waals surface area contributed by atoms with Crippen molar-refractivity contribution in [3.63, 3.8) is 0 Å². The quantitative estimate of drug-likeness (QED) is 0.486. The Morgan fingerprint density at radius 3 is 2.80 bits per heavy atom. The third kappa shape index (κ3) is 5.62. The minimum atomic E-state index is 0.168. The highest BCUT2D eigenvalue weighted by molar-refractivity contribution is 9.10. The number of halogens is 1. The minimum absolute atomic E-state index is 0.168. The maximum atomic E-state index is 12.1. The average molecular weight is 548 g/mol. The fourth-order valence-electron chi connectivity index (χ4n) is 5.49. The molecule has 5 heterocycles. The van der Waals surface area contributed by atoms with Crippen LogP contribution in [0.15, 0.2) is 16.9 Å². The van der Waals surface area contributed by atoms with Crippen molar-refractivity contribution in [1.82, 2.24) is 29.5 Å². The molecule has 5 rings (SSSR count). The monoisotopic (exact) mass is 546 g/mol. The van der Waals surface area contributed by atoms with Crippen LogP contribution in [-0.4, -0.2) is 87.4 Å². The summed E-state index contributed by atoms with van der Waals surface area (Å²) in [6.07, 6.45) is 10.1. The van der Waals surface area contributed by atoms with Crippen LogP contribution in [0.2, 0.25) is 0 Å². The molecule has 2 aromatic rings. The number of piperidine rings is 1. The van der Waals surface area contributed by atoms with Crippen LogP contribution in [-0.2, 0) is 9.53 Å². The number of nitrogens with one attached hydrogen (secondary N) is 2. The SMILES string of the molecule is Cc1nn(C2CC3CCC(C2)N3C)cc1Nc1ncc(Br)c(NCCCN2CCOCCC2=O)n1. The third-order valence-electron chi connectivity index (χ3n) is 7.57. The Hall–Kier alpha value is -2.24. The van der Waals surface area contributed by atoms with E-state index >= 15 is 0 Å². The van der Waals surface area contributed by atoms with Crippen molar-refractivity contribution in [3.05, 3.63) is 22.6 Å². The number of nitrogens with zero attached hydrogens (tertiary/aromatic N) is 6. The summed E-state index contributed by atoms with van der Waals surface area (Å²) in [6.45, 7) is 5.23. The van der Waals surface area contributed by atoms with Gasteiger partial charge in [-0.3, -0.25) is 9.48 Å². The number of carbonyl (C=O) groups excluding carboxylic acids is 1. The Labute approximate surface area is 214 Å². The number of aryl methyl sites for hydroxylation is 1. The van der Waals surface area contributed by atoms with Gasteiger partial charge in [0.2, 0.25) is 11.9 Å². The molecule has 0 aromatic carbocycles. The molecular weight excluding hydrogens is 512 g/mol. The second kappa shape index (κ2) is 10.8. The highest BCUT2D eigenvalue weighted by Gasteiger charge is 2.39. The van der Waals surface area contributed by atoms with Crippen LogP contribution in [0.5, 0.6) is 0 Å². The molecule has 3 aliphatic rings. The van der Waals surface area contributed by atoms with Gasteiger partial charge in [0.05, 0.1) is 41.5 Å². The molecule has 35 heavy (non-hydrogen) atoms. The smallest absolute Gasteiger partial charge is 0.229 e. The zero-order chi connectivity index (χ0) is 24.4. The zero-order valence-corrected chi connectivity index (χ0v) is 22.1. The molecule has 1 amide bonds. The first kappa shape index (κ1) is 24.5. The van der Waals surface area contributed by atoms with Gasteiger partial charge in [0, 0.05) is 44.1 Å². The summed E-state index contributed by atoms with van der Waals surface area (Å²) in [7, 11) is 2.26. The van der Waals surface area contributed by atoms with Crippen LogP contribution in [0.1, 0.15) is 50.3 Å². The van der Waals surface area contributed by atoms with Gasteiger partial charge in [-0.2, -0.15) is 10.1 Å². The summed E-state index contributed by atoms with van der Waals surface area (Å²) in [6, 6.07) is 1.80. The average Bonchev–Trinajstić information content (AvgIpc) is 3.18. The number of ether oxygens (including phenoxy) is 1. The Bertz CT molecular complexity index is 1030. The summed E-state index contributed by atoms with van der Waals surface area (Å²) >= 11 is 3.54. The molecule has 2 bridgehead atoms. The van der Waals surface area contributed by atoms with E-state index in [0.717, 1.165) is 40.9 Å². The topological polar surface area (TPSA) is 100 Å². The largest absolute Gasteiger partial charge is 0.379 e. The molecule has 3 saturated heterocycles. The molecule has 0 aliphatic carbocycles. The van der Waals surface area contributed by atoms with E-state index in [9.17, 15) is 4.79 Å². The number of amides is 1. The number of hydrogen-bond donors (Lipinski definition) is 2. The van der Waals surface area contributed by atoms with Crippen LogP contribution in [0.4, 0.5) is 17.5 Å². The van der Waals surface area contributed by atoms with E-state index in [0.29, 0.717) is 63.3 Å². The minimum Gasteiger partial charge on any atom is -0.379 e. The molecule has 11 heteroatoms. The molecular formula is C24H35BrN8O2. The molecule has 0 radical (unpaired) electrons.